The first-order chi connectivity index (χ1) is 14.9. The molecular formula is C24H33F3N2O3. The quantitative estimate of drug-likeness (QED) is 0.600. The summed E-state index contributed by atoms with van der Waals surface area (Å²) in [6.07, 6.45) is 0.0413. The van der Waals surface area contributed by atoms with E-state index < -0.39 is 12.0 Å². The number of alkyl halides is 3. The molecule has 4 rings (SSSR count). The maximum atomic E-state index is 12.8. The van der Waals surface area contributed by atoms with Crippen molar-refractivity contribution in [2.75, 3.05) is 26.2 Å². The van der Waals surface area contributed by atoms with Gasteiger partial charge in [0, 0.05) is 24.5 Å². The highest BCUT2D eigenvalue weighted by atomic mass is 19.4. The van der Waals surface area contributed by atoms with E-state index in [4.69, 9.17) is 4.74 Å². The first-order valence-corrected chi connectivity index (χ1v) is 11.5. The van der Waals surface area contributed by atoms with E-state index in [1.807, 2.05) is 20.8 Å². The van der Waals surface area contributed by atoms with Crippen molar-refractivity contribution in [3.8, 4) is 5.75 Å². The Hall–Kier alpha value is -1.96. The van der Waals surface area contributed by atoms with Gasteiger partial charge in [-0.1, -0.05) is 18.2 Å². The second kappa shape index (κ2) is 8.43. The fourth-order valence-electron chi connectivity index (χ4n) is 5.61. The number of carbonyl (C=O) groups is 1. The number of carbonyl (C=O) groups excluding carboxylic acids is 1. The van der Waals surface area contributed by atoms with Gasteiger partial charge in [0.15, 0.2) is 0 Å². The average Bonchev–Trinajstić information content (AvgIpc) is 3.11. The van der Waals surface area contributed by atoms with E-state index in [0.717, 1.165) is 58.3 Å². The lowest BCUT2D eigenvalue weighted by Crippen LogP contribution is -2.58. The van der Waals surface area contributed by atoms with E-state index in [1.165, 1.54) is 6.07 Å². The van der Waals surface area contributed by atoms with Crippen LogP contribution in [0.5, 0.6) is 5.75 Å². The number of rotatable bonds is 3. The van der Waals surface area contributed by atoms with Crippen LogP contribution in [-0.4, -0.2) is 60.1 Å². The van der Waals surface area contributed by atoms with Crippen molar-refractivity contribution in [2.45, 2.75) is 76.8 Å². The number of nitrogens with zero attached hydrogens (tertiary/aromatic N) is 2. The number of hydrogen-bond acceptors (Lipinski definition) is 4. The van der Waals surface area contributed by atoms with E-state index in [9.17, 15) is 18.0 Å². The molecule has 0 N–H and O–H groups in total. The first-order valence-electron chi connectivity index (χ1n) is 11.5. The molecule has 2 aliphatic heterocycles. The van der Waals surface area contributed by atoms with Crippen molar-refractivity contribution >= 4 is 6.09 Å². The molecule has 0 bridgehead atoms. The Bertz CT molecular complexity index is 823. The third-order valence-electron chi connectivity index (χ3n) is 7.01. The zero-order valence-electron chi connectivity index (χ0n) is 19.1. The predicted molar refractivity (Wildman–Crippen MR) is 115 cm³/mol. The summed E-state index contributed by atoms with van der Waals surface area (Å²) in [6.45, 7) is 8.91. The molecule has 1 spiro atoms. The normalized spacial score (nSPS) is 24.4. The number of amides is 1. The number of halogens is 3. The van der Waals surface area contributed by atoms with Crippen LogP contribution >= 0.6 is 0 Å². The van der Waals surface area contributed by atoms with Gasteiger partial charge in [-0.3, -0.25) is 0 Å². The van der Waals surface area contributed by atoms with Gasteiger partial charge in [0.05, 0.1) is 0 Å². The maximum absolute atomic E-state index is 12.8. The fourth-order valence-corrected chi connectivity index (χ4v) is 5.61. The molecule has 1 aliphatic carbocycles. The standard InChI is InChI=1S/C24H33F3N2O3/c1-22(2,3)32-21(30)29-15-23(16-29)11-8-18(14-23)28-12-9-17(10-13-28)19-6-4-5-7-20(19)31-24(25,26)27/h4-7,17-18H,8-16H2,1-3H3. The molecule has 3 aliphatic rings. The van der Waals surface area contributed by atoms with Crippen LogP contribution in [0.4, 0.5) is 18.0 Å². The zero-order chi connectivity index (χ0) is 23.1. The molecule has 1 atom stereocenters. The van der Waals surface area contributed by atoms with Crippen molar-refractivity contribution in [2.24, 2.45) is 5.41 Å². The van der Waals surface area contributed by atoms with Crippen LogP contribution in [0.3, 0.4) is 0 Å². The molecule has 8 heteroatoms. The van der Waals surface area contributed by atoms with Crippen LogP contribution in [0.25, 0.3) is 0 Å². The highest BCUT2D eigenvalue weighted by Crippen LogP contribution is 2.48. The van der Waals surface area contributed by atoms with Gasteiger partial charge in [0.25, 0.3) is 0 Å². The molecule has 2 heterocycles. The number of hydrogen-bond donors (Lipinski definition) is 0. The number of piperidine rings is 1. The molecule has 1 saturated carbocycles. The Morgan fingerprint density at radius 3 is 2.34 bits per heavy atom. The number of ether oxygens (including phenoxy) is 2. The van der Waals surface area contributed by atoms with Crippen LogP contribution in [0.2, 0.25) is 0 Å². The second-order valence-electron chi connectivity index (χ2n) is 10.6. The summed E-state index contributed by atoms with van der Waals surface area (Å²) in [5.74, 6) is 0.00139. The highest BCUT2D eigenvalue weighted by molar-refractivity contribution is 5.69. The summed E-state index contributed by atoms with van der Waals surface area (Å²) in [6, 6.07) is 7.00. The number of likely N-dealkylation sites (tertiary alicyclic amines) is 2. The summed E-state index contributed by atoms with van der Waals surface area (Å²) in [7, 11) is 0. The van der Waals surface area contributed by atoms with E-state index in [0.29, 0.717) is 11.6 Å². The van der Waals surface area contributed by atoms with Crippen LogP contribution < -0.4 is 4.74 Å². The molecular weight excluding hydrogens is 421 g/mol. The van der Waals surface area contributed by atoms with E-state index >= 15 is 0 Å². The fraction of sp³-hybridized carbons (Fsp3) is 0.708. The van der Waals surface area contributed by atoms with Crippen molar-refractivity contribution in [1.82, 2.24) is 9.80 Å². The molecule has 0 aromatic heterocycles. The van der Waals surface area contributed by atoms with Gasteiger partial charge in [0.1, 0.15) is 11.4 Å². The third kappa shape index (κ3) is 5.33. The molecule has 3 fully saturated rings. The summed E-state index contributed by atoms with van der Waals surface area (Å²) in [5, 5.41) is 0. The zero-order valence-corrected chi connectivity index (χ0v) is 19.1. The van der Waals surface area contributed by atoms with E-state index in [-0.39, 0.29) is 23.2 Å². The first kappa shape index (κ1) is 23.2. The summed E-state index contributed by atoms with van der Waals surface area (Å²) in [5.41, 5.74) is 0.372. The SMILES string of the molecule is CC(C)(C)OC(=O)N1CC2(CCC(N3CCC(c4ccccc4OC(F)(F)F)CC3)C2)C1. The number of para-hydroxylation sites is 1. The Morgan fingerprint density at radius 2 is 1.72 bits per heavy atom. The van der Waals surface area contributed by atoms with Gasteiger partial charge in [0.2, 0.25) is 0 Å². The lowest BCUT2D eigenvalue weighted by atomic mass is 9.78. The van der Waals surface area contributed by atoms with Crippen molar-refractivity contribution in [1.29, 1.82) is 0 Å². The van der Waals surface area contributed by atoms with Gasteiger partial charge in [-0.2, -0.15) is 0 Å². The van der Waals surface area contributed by atoms with Crippen LogP contribution in [0.15, 0.2) is 24.3 Å². The summed E-state index contributed by atoms with van der Waals surface area (Å²) >= 11 is 0. The molecule has 0 radical (unpaired) electrons. The summed E-state index contributed by atoms with van der Waals surface area (Å²) < 4.78 is 48.0. The monoisotopic (exact) mass is 454 g/mol. The van der Waals surface area contributed by atoms with Crippen LogP contribution in [0, 0.1) is 5.41 Å². The smallest absolute Gasteiger partial charge is 0.444 e. The Morgan fingerprint density at radius 1 is 1.06 bits per heavy atom. The topological polar surface area (TPSA) is 42.0 Å². The van der Waals surface area contributed by atoms with Gasteiger partial charge < -0.3 is 19.3 Å². The molecule has 32 heavy (non-hydrogen) atoms. The van der Waals surface area contributed by atoms with Crippen LogP contribution in [0.1, 0.15) is 64.4 Å². The Kier molecular flexibility index (Phi) is 6.11. The molecule has 2 saturated heterocycles. The van der Waals surface area contributed by atoms with Crippen molar-refractivity contribution in [3.63, 3.8) is 0 Å². The molecule has 1 amide bonds. The molecule has 1 aromatic rings. The Balaban J connectivity index is 1.28. The summed E-state index contributed by atoms with van der Waals surface area (Å²) in [4.78, 5) is 16.6. The van der Waals surface area contributed by atoms with Crippen LogP contribution in [-0.2, 0) is 4.74 Å². The molecule has 178 valence electrons. The second-order valence-corrected chi connectivity index (χ2v) is 10.6. The molecule has 1 unspecified atom stereocenters. The lowest BCUT2D eigenvalue weighted by molar-refractivity contribution is -0.275. The van der Waals surface area contributed by atoms with Gasteiger partial charge in [-0.25, -0.2) is 4.79 Å². The van der Waals surface area contributed by atoms with Gasteiger partial charge >= 0.3 is 12.5 Å². The van der Waals surface area contributed by atoms with Gasteiger partial charge in [-0.05, 0) is 83.5 Å². The largest absolute Gasteiger partial charge is 0.573 e. The maximum Gasteiger partial charge on any atom is 0.573 e. The minimum absolute atomic E-state index is 0.0741. The van der Waals surface area contributed by atoms with Crippen molar-refractivity contribution in [3.05, 3.63) is 29.8 Å². The predicted octanol–water partition coefficient (Wildman–Crippen LogP) is 5.55. The molecule has 1 aromatic carbocycles. The highest BCUT2D eigenvalue weighted by Gasteiger charge is 2.51. The van der Waals surface area contributed by atoms with Gasteiger partial charge in [-0.15, -0.1) is 13.2 Å². The Labute approximate surface area is 187 Å². The lowest BCUT2D eigenvalue weighted by Gasteiger charge is -2.48. The van der Waals surface area contributed by atoms with E-state index in [1.54, 1.807) is 23.1 Å². The number of benzene rings is 1. The van der Waals surface area contributed by atoms with E-state index in [2.05, 4.69) is 9.64 Å². The average molecular weight is 455 g/mol. The third-order valence-corrected chi connectivity index (χ3v) is 7.01. The minimum Gasteiger partial charge on any atom is -0.444 e. The molecule has 5 nitrogen and oxygen atoms in total. The minimum atomic E-state index is -4.68. The van der Waals surface area contributed by atoms with Crippen molar-refractivity contribution < 1.29 is 27.4 Å².